The van der Waals surface area contributed by atoms with Gasteiger partial charge in [-0.3, -0.25) is 9.59 Å². The van der Waals surface area contributed by atoms with E-state index in [2.05, 4.69) is 10.6 Å². The van der Waals surface area contributed by atoms with Crippen molar-refractivity contribution in [1.82, 2.24) is 0 Å². The van der Waals surface area contributed by atoms with Gasteiger partial charge < -0.3 is 19.8 Å². The zero-order valence-corrected chi connectivity index (χ0v) is 17.0. The van der Waals surface area contributed by atoms with Crippen LogP contribution in [0, 0.1) is 5.92 Å². The highest BCUT2D eigenvalue weighted by molar-refractivity contribution is 6.15. The molecule has 3 aromatic rings. The van der Waals surface area contributed by atoms with Gasteiger partial charge in [-0.15, -0.1) is 0 Å². The van der Waals surface area contributed by atoms with Gasteiger partial charge in [0.25, 0.3) is 5.91 Å². The summed E-state index contributed by atoms with van der Waals surface area (Å²) in [5.74, 6) is -0.0596. The Balaban J connectivity index is 1.96. The van der Waals surface area contributed by atoms with Crippen LogP contribution in [0.2, 0.25) is 0 Å². The number of nitrogens with one attached hydrogen (secondary N) is 2. The van der Waals surface area contributed by atoms with Gasteiger partial charge in [-0.1, -0.05) is 38.1 Å². The lowest BCUT2D eigenvalue weighted by Gasteiger charge is -2.14. The Hall–Kier alpha value is -3.28. The third-order valence-corrected chi connectivity index (χ3v) is 4.84. The van der Waals surface area contributed by atoms with Crippen LogP contribution in [0.5, 0.6) is 5.75 Å². The molecule has 0 spiro atoms. The van der Waals surface area contributed by atoms with E-state index in [1.807, 2.05) is 51.1 Å². The van der Waals surface area contributed by atoms with Gasteiger partial charge in [0.2, 0.25) is 11.7 Å². The molecule has 2 N–H and O–H groups in total. The van der Waals surface area contributed by atoms with Gasteiger partial charge in [0.1, 0.15) is 17.0 Å². The van der Waals surface area contributed by atoms with Crippen molar-refractivity contribution in [3.63, 3.8) is 0 Å². The predicted molar refractivity (Wildman–Crippen MR) is 114 cm³/mol. The fraction of sp³-hybridized carbons (Fsp3) is 0.304. The number of amides is 2. The summed E-state index contributed by atoms with van der Waals surface area (Å²) in [5.41, 5.74) is 1.47. The molecular weight excluding hydrogens is 368 g/mol. The fourth-order valence-electron chi connectivity index (χ4n) is 3.24. The molecule has 2 amide bonds. The smallest absolute Gasteiger partial charge is 0.293 e. The van der Waals surface area contributed by atoms with E-state index >= 15 is 0 Å². The van der Waals surface area contributed by atoms with Gasteiger partial charge >= 0.3 is 0 Å². The van der Waals surface area contributed by atoms with Crippen molar-refractivity contribution < 1.29 is 18.7 Å². The number of hydrogen-bond acceptors (Lipinski definition) is 4. The number of para-hydroxylation sites is 3. The Morgan fingerprint density at radius 1 is 0.966 bits per heavy atom. The SMILES string of the molecule is CCOc1ccccc1NC(=O)c1oc2ccccc2c1NC(=O)C(CC)CC. The van der Waals surface area contributed by atoms with Gasteiger partial charge in [0.15, 0.2) is 0 Å². The molecule has 6 heteroatoms. The van der Waals surface area contributed by atoms with Crippen LogP contribution in [0.1, 0.15) is 44.2 Å². The maximum Gasteiger partial charge on any atom is 0.293 e. The van der Waals surface area contributed by atoms with Crippen molar-refractivity contribution in [2.45, 2.75) is 33.6 Å². The van der Waals surface area contributed by atoms with Gasteiger partial charge in [-0.2, -0.15) is 0 Å². The topological polar surface area (TPSA) is 80.6 Å². The van der Waals surface area contributed by atoms with Crippen LogP contribution < -0.4 is 15.4 Å². The summed E-state index contributed by atoms with van der Waals surface area (Å²) in [6.07, 6.45) is 1.45. The van der Waals surface area contributed by atoms with Crippen molar-refractivity contribution in [2.24, 2.45) is 5.92 Å². The molecular formula is C23H26N2O4. The number of furan rings is 1. The second kappa shape index (κ2) is 9.28. The minimum atomic E-state index is -0.451. The molecule has 2 aromatic carbocycles. The summed E-state index contributed by atoms with van der Waals surface area (Å²) >= 11 is 0. The molecule has 0 aliphatic rings. The van der Waals surface area contributed by atoms with Gasteiger partial charge in [0.05, 0.1) is 12.3 Å². The van der Waals surface area contributed by atoms with Crippen LogP contribution in [0.25, 0.3) is 11.0 Å². The Labute approximate surface area is 170 Å². The molecule has 0 aliphatic heterocycles. The monoisotopic (exact) mass is 394 g/mol. The average molecular weight is 394 g/mol. The van der Waals surface area contributed by atoms with E-state index < -0.39 is 5.91 Å². The second-order valence-electron chi connectivity index (χ2n) is 6.69. The fourth-order valence-corrected chi connectivity index (χ4v) is 3.24. The summed E-state index contributed by atoms with van der Waals surface area (Å²) in [6, 6.07) is 14.5. The molecule has 152 valence electrons. The number of fused-ring (bicyclic) bond motifs is 1. The zero-order chi connectivity index (χ0) is 20.8. The van der Waals surface area contributed by atoms with Crippen molar-refractivity contribution in [3.05, 3.63) is 54.3 Å². The van der Waals surface area contributed by atoms with E-state index in [-0.39, 0.29) is 17.6 Å². The van der Waals surface area contributed by atoms with Crippen LogP contribution in [0.15, 0.2) is 52.9 Å². The number of rotatable bonds is 8. The molecule has 0 saturated heterocycles. The third-order valence-electron chi connectivity index (χ3n) is 4.84. The summed E-state index contributed by atoms with van der Waals surface area (Å²) in [6.45, 7) is 6.30. The Kier molecular flexibility index (Phi) is 6.54. The van der Waals surface area contributed by atoms with E-state index in [9.17, 15) is 9.59 Å². The van der Waals surface area contributed by atoms with E-state index in [1.165, 1.54) is 0 Å². The van der Waals surface area contributed by atoms with E-state index in [0.29, 0.717) is 34.7 Å². The zero-order valence-electron chi connectivity index (χ0n) is 17.0. The number of hydrogen-bond donors (Lipinski definition) is 2. The lowest BCUT2D eigenvalue weighted by molar-refractivity contribution is -0.120. The largest absolute Gasteiger partial charge is 0.492 e. The highest BCUT2D eigenvalue weighted by atomic mass is 16.5. The minimum absolute atomic E-state index is 0.0665. The van der Waals surface area contributed by atoms with E-state index in [1.54, 1.807) is 18.2 Å². The molecule has 1 heterocycles. The predicted octanol–water partition coefficient (Wildman–Crippen LogP) is 5.46. The number of anilines is 2. The lowest BCUT2D eigenvalue weighted by atomic mass is 10.0. The molecule has 0 unspecified atom stereocenters. The van der Waals surface area contributed by atoms with Crippen molar-refractivity contribution in [1.29, 1.82) is 0 Å². The Morgan fingerprint density at radius 3 is 2.38 bits per heavy atom. The van der Waals surface area contributed by atoms with E-state index in [4.69, 9.17) is 9.15 Å². The van der Waals surface area contributed by atoms with Crippen LogP contribution in [-0.2, 0) is 4.79 Å². The molecule has 0 radical (unpaired) electrons. The maximum atomic E-state index is 13.0. The van der Waals surface area contributed by atoms with Gasteiger partial charge in [0, 0.05) is 11.3 Å². The first-order valence-corrected chi connectivity index (χ1v) is 9.94. The van der Waals surface area contributed by atoms with Crippen molar-refractivity contribution in [2.75, 3.05) is 17.2 Å². The van der Waals surface area contributed by atoms with Crippen LogP contribution in [-0.4, -0.2) is 18.4 Å². The number of ether oxygens (including phenoxy) is 1. The van der Waals surface area contributed by atoms with E-state index in [0.717, 1.165) is 12.8 Å². The van der Waals surface area contributed by atoms with Gasteiger partial charge in [-0.05, 0) is 44.0 Å². The molecule has 0 bridgehead atoms. The summed E-state index contributed by atoms with van der Waals surface area (Å²) in [4.78, 5) is 25.7. The van der Waals surface area contributed by atoms with Gasteiger partial charge in [-0.25, -0.2) is 0 Å². The standard InChI is InChI=1S/C23H26N2O4/c1-4-15(5-2)22(26)25-20-16-11-7-9-13-18(16)29-21(20)23(27)24-17-12-8-10-14-19(17)28-6-3/h7-15H,4-6H2,1-3H3,(H,24,27)(H,25,26). The number of benzene rings is 2. The summed E-state index contributed by atoms with van der Waals surface area (Å²) in [7, 11) is 0. The minimum Gasteiger partial charge on any atom is -0.492 e. The first-order valence-electron chi connectivity index (χ1n) is 9.94. The highest BCUT2D eigenvalue weighted by Crippen LogP contribution is 2.33. The molecule has 3 rings (SSSR count). The molecule has 29 heavy (non-hydrogen) atoms. The number of carbonyl (C=O) groups excluding carboxylic acids is 2. The first-order chi connectivity index (χ1) is 14.1. The van der Waals surface area contributed by atoms with Crippen LogP contribution in [0.4, 0.5) is 11.4 Å². The maximum absolute atomic E-state index is 13.0. The molecule has 6 nitrogen and oxygen atoms in total. The number of carbonyl (C=O) groups is 2. The van der Waals surface area contributed by atoms with Crippen molar-refractivity contribution >= 4 is 34.2 Å². The highest BCUT2D eigenvalue weighted by Gasteiger charge is 2.25. The molecule has 0 aliphatic carbocycles. The summed E-state index contributed by atoms with van der Waals surface area (Å²) < 4.78 is 11.4. The molecule has 0 saturated carbocycles. The average Bonchev–Trinajstić information content (AvgIpc) is 3.09. The summed E-state index contributed by atoms with van der Waals surface area (Å²) in [5, 5.41) is 6.44. The third kappa shape index (κ3) is 4.42. The van der Waals surface area contributed by atoms with Crippen molar-refractivity contribution in [3.8, 4) is 5.75 Å². The lowest BCUT2D eigenvalue weighted by Crippen LogP contribution is -2.23. The van der Waals surface area contributed by atoms with Crippen LogP contribution in [0.3, 0.4) is 0 Å². The molecule has 0 fully saturated rings. The first kappa shape index (κ1) is 20.5. The Morgan fingerprint density at radius 2 is 1.66 bits per heavy atom. The normalized spacial score (nSPS) is 10.9. The van der Waals surface area contributed by atoms with Crippen LogP contribution >= 0.6 is 0 Å². The second-order valence-corrected chi connectivity index (χ2v) is 6.69. The molecule has 1 aromatic heterocycles. The molecule has 0 atom stereocenters. The Bertz CT molecular complexity index is 1010. The quantitative estimate of drug-likeness (QED) is 0.532.